The topological polar surface area (TPSA) is 88.1 Å². The number of phenols is 1. The van der Waals surface area contributed by atoms with E-state index in [4.69, 9.17) is 32.7 Å². The molecule has 124 valence electrons. The summed E-state index contributed by atoms with van der Waals surface area (Å²) in [5.41, 5.74) is 2.23. The maximum absolute atomic E-state index is 12.0. The fourth-order valence-electron chi connectivity index (χ4n) is 1.35. The Kier molecular flexibility index (Phi) is 7.24. The van der Waals surface area contributed by atoms with Gasteiger partial charge in [0.25, 0.3) is 0 Å². The van der Waals surface area contributed by atoms with E-state index in [9.17, 15) is 14.7 Å². The lowest BCUT2D eigenvalue weighted by molar-refractivity contribution is 0.145. The van der Waals surface area contributed by atoms with Gasteiger partial charge in [0.05, 0.1) is 15.7 Å². The highest BCUT2D eigenvalue weighted by atomic mass is 35.5. The van der Waals surface area contributed by atoms with E-state index in [1.807, 2.05) is 0 Å². The molecular formula is C14H14Cl2N2O5. The van der Waals surface area contributed by atoms with E-state index in [1.165, 1.54) is 24.3 Å². The summed E-state index contributed by atoms with van der Waals surface area (Å²) in [6, 6.07) is 2.43. The number of benzene rings is 1. The number of nitrogens with zero attached hydrogens (tertiary/aromatic N) is 1. The fourth-order valence-corrected chi connectivity index (χ4v) is 1.83. The van der Waals surface area contributed by atoms with Crippen LogP contribution < -0.4 is 10.4 Å². The number of nitrogens with one attached hydrogen (secondary N) is 1. The number of phenolic OH excluding ortho intramolecular Hbond substituents is 1. The van der Waals surface area contributed by atoms with Crippen LogP contribution in [0.5, 0.6) is 5.75 Å². The third-order valence-electron chi connectivity index (χ3n) is 2.30. The van der Waals surface area contributed by atoms with Crippen molar-refractivity contribution in [1.29, 1.82) is 0 Å². The summed E-state index contributed by atoms with van der Waals surface area (Å²) in [4.78, 5) is 23.7. The van der Waals surface area contributed by atoms with E-state index in [-0.39, 0.29) is 34.7 Å². The minimum atomic E-state index is -0.932. The van der Waals surface area contributed by atoms with Gasteiger partial charge in [-0.1, -0.05) is 48.5 Å². The number of carbonyl (C=O) groups is 2. The van der Waals surface area contributed by atoms with Crippen molar-refractivity contribution in [2.45, 2.75) is 0 Å². The quantitative estimate of drug-likeness (QED) is 0.617. The molecule has 0 radical (unpaired) electrons. The van der Waals surface area contributed by atoms with Gasteiger partial charge in [0.15, 0.2) is 5.75 Å². The molecule has 0 heterocycles. The summed E-state index contributed by atoms with van der Waals surface area (Å²) in [5, 5.41) is 10.1. The first-order chi connectivity index (χ1) is 10.9. The Labute approximate surface area is 142 Å². The molecule has 0 spiro atoms. The van der Waals surface area contributed by atoms with Crippen LogP contribution >= 0.6 is 23.2 Å². The van der Waals surface area contributed by atoms with Crippen molar-refractivity contribution in [2.75, 3.05) is 18.2 Å². The minimum absolute atomic E-state index is 0.0571. The Bertz CT molecular complexity index is 598. The second kappa shape index (κ2) is 8.92. The van der Waals surface area contributed by atoms with E-state index in [0.29, 0.717) is 0 Å². The van der Waals surface area contributed by atoms with Gasteiger partial charge in [-0.05, 0) is 12.1 Å². The van der Waals surface area contributed by atoms with Gasteiger partial charge in [-0.3, -0.25) is 0 Å². The largest absolute Gasteiger partial charge is 0.505 e. The number of halogens is 2. The minimum Gasteiger partial charge on any atom is -0.505 e. The second-order valence-electron chi connectivity index (χ2n) is 3.96. The molecule has 0 aromatic heterocycles. The highest BCUT2D eigenvalue weighted by Crippen LogP contribution is 2.35. The molecular weight excluding hydrogens is 347 g/mol. The molecule has 0 unspecified atom stereocenters. The predicted octanol–water partition coefficient (Wildman–Crippen LogP) is 3.66. The smallest absolute Gasteiger partial charge is 0.433 e. The van der Waals surface area contributed by atoms with Gasteiger partial charge < -0.3 is 14.6 Å². The van der Waals surface area contributed by atoms with E-state index in [0.717, 1.165) is 5.01 Å². The zero-order chi connectivity index (χ0) is 17.4. The van der Waals surface area contributed by atoms with Crippen LogP contribution in [0.15, 0.2) is 37.4 Å². The molecule has 1 aromatic carbocycles. The Morgan fingerprint density at radius 1 is 1.17 bits per heavy atom. The van der Waals surface area contributed by atoms with Crippen molar-refractivity contribution in [3.05, 3.63) is 47.5 Å². The monoisotopic (exact) mass is 360 g/mol. The van der Waals surface area contributed by atoms with Crippen molar-refractivity contribution in [3.63, 3.8) is 0 Å². The SMILES string of the molecule is C=CCOC(=O)NN(C(=O)OCC=C)c1cc(Cl)c(O)c(Cl)c1. The first kappa shape index (κ1) is 18.7. The van der Waals surface area contributed by atoms with E-state index >= 15 is 0 Å². The lowest BCUT2D eigenvalue weighted by atomic mass is 10.3. The van der Waals surface area contributed by atoms with Crippen molar-refractivity contribution in [2.24, 2.45) is 0 Å². The molecule has 0 saturated heterocycles. The maximum Gasteiger partial charge on any atom is 0.433 e. The fraction of sp³-hybridized carbons (Fsp3) is 0.143. The molecule has 0 atom stereocenters. The van der Waals surface area contributed by atoms with Gasteiger partial charge in [0, 0.05) is 0 Å². The Balaban J connectivity index is 3.07. The number of carbonyl (C=O) groups excluding carboxylic acids is 2. The number of hydrogen-bond acceptors (Lipinski definition) is 5. The molecule has 1 aromatic rings. The van der Waals surface area contributed by atoms with Crippen molar-refractivity contribution in [1.82, 2.24) is 5.43 Å². The van der Waals surface area contributed by atoms with Gasteiger partial charge >= 0.3 is 12.2 Å². The molecule has 2 amide bonds. The van der Waals surface area contributed by atoms with Gasteiger partial charge in [0.1, 0.15) is 13.2 Å². The summed E-state index contributed by atoms with van der Waals surface area (Å²) in [7, 11) is 0. The van der Waals surface area contributed by atoms with Crippen molar-refractivity contribution >= 4 is 41.1 Å². The molecule has 9 heteroatoms. The predicted molar refractivity (Wildman–Crippen MR) is 86.8 cm³/mol. The molecule has 0 bridgehead atoms. The second-order valence-corrected chi connectivity index (χ2v) is 4.77. The summed E-state index contributed by atoms with van der Waals surface area (Å²) < 4.78 is 9.58. The number of hydrogen-bond donors (Lipinski definition) is 2. The van der Waals surface area contributed by atoms with Crippen LogP contribution in [-0.2, 0) is 9.47 Å². The van der Waals surface area contributed by atoms with Crippen LogP contribution in [0.3, 0.4) is 0 Å². The number of amides is 2. The summed E-state index contributed by atoms with van der Waals surface area (Å²) in [5.74, 6) is -0.356. The highest BCUT2D eigenvalue weighted by molar-refractivity contribution is 6.37. The maximum atomic E-state index is 12.0. The number of aromatic hydroxyl groups is 1. The van der Waals surface area contributed by atoms with Crippen LogP contribution in [0, 0.1) is 0 Å². The number of anilines is 1. The Morgan fingerprint density at radius 3 is 2.22 bits per heavy atom. The van der Waals surface area contributed by atoms with Crippen LogP contribution in [0.25, 0.3) is 0 Å². The standard InChI is InChI=1S/C14H14Cl2N2O5/c1-3-5-22-13(20)17-18(14(21)23-6-4-2)9-7-10(15)12(19)11(16)8-9/h3-4,7-8,19H,1-2,5-6H2,(H,17,20). The first-order valence-corrected chi connectivity index (χ1v) is 6.96. The third-order valence-corrected chi connectivity index (χ3v) is 2.88. The molecule has 0 fully saturated rings. The van der Waals surface area contributed by atoms with E-state index < -0.39 is 12.2 Å². The molecule has 0 aliphatic heterocycles. The number of ether oxygens (including phenoxy) is 2. The molecule has 7 nitrogen and oxygen atoms in total. The van der Waals surface area contributed by atoms with Gasteiger partial charge in [-0.2, -0.15) is 5.01 Å². The summed E-state index contributed by atoms with van der Waals surface area (Å²) >= 11 is 11.6. The number of hydrazine groups is 1. The van der Waals surface area contributed by atoms with E-state index in [2.05, 4.69) is 18.6 Å². The highest BCUT2D eigenvalue weighted by Gasteiger charge is 2.22. The van der Waals surface area contributed by atoms with Crippen molar-refractivity contribution < 1.29 is 24.2 Å². The molecule has 1 rings (SSSR count). The van der Waals surface area contributed by atoms with E-state index in [1.54, 1.807) is 0 Å². The van der Waals surface area contributed by atoms with Crippen LogP contribution in [0.1, 0.15) is 0 Å². The van der Waals surface area contributed by atoms with Gasteiger partial charge in [-0.15, -0.1) is 0 Å². The normalized spacial score (nSPS) is 9.65. The van der Waals surface area contributed by atoms with Crippen molar-refractivity contribution in [3.8, 4) is 5.75 Å². The average Bonchev–Trinajstić information content (AvgIpc) is 2.52. The molecule has 0 aliphatic carbocycles. The summed E-state index contributed by atoms with van der Waals surface area (Å²) in [6.45, 7) is 6.66. The third kappa shape index (κ3) is 5.39. The zero-order valence-corrected chi connectivity index (χ0v) is 13.4. The van der Waals surface area contributed by atoms with Crippen LogP contribution in [0.2, 0.25) is 10.0 Å². The van der Waals surface area contributed by atoms with Gasteiger partial charge in [0.2, 0.25) is 0 Å². The average molecular weight is 361 g/mol. The molecule has 23 heavy (non-hydrogen) atoms. The van der Waals surface area contributed by atoms with Crippen LogP contribution in [0.4, 0.5) is 15.3 Å². The lowest BCUT2D eigenvalue weighted by Crippen LogP contribution is -2.47. The van der Waals surface area contributed by atoms with Crippen LogP contribution in [-0.4, -0.2) is 30.5 Å². The molecule has 0 aliphatic rings. The summed E-state index contributed by atoms with van der Waals surface area (Å²) in [6.07, 6.45) is 0.844. The molecule has 2 N–H and O–H groups in total. The van der Waals surface area contributed by atoms with Gasteiger partial charge in [-0.25, -0.2) is 15.0 Å². The Morgan fingerprint density at radius 2 is 1.70 bits per heavy atom. The lowest BCUT2D eigenvalue weighted by Gasteiger charge is -2.22. The Hall–Kier alpha value is -2.38. The zero-order valence-electron chi connectivity index (χ0n) is 11.9. The molecule has 0 saturated carbocycles. The number of rotatable bonds is 5. The first-order valence-electron chi connectivity index (χ1n) is 6.20.